The highest BCUT2D eigenvalue weighted by Crippen LogP contribution is 2.35. The van der Waals surface area contributed by atoms with Crippen molar-refractivity contribution >= 4 is 28.4 Å². The van der Waals surface area contributed by atoms with E-state index in [4.69, 9.17) is 9.97 Å². The monoisotopic (exact) mass is 548 g/mol. The molecule has 1 aliphatic carbocycles. The molecule has 5 aromatic rings. The van der Waals surface area contributed by atoms with Gasteiger partial charge in [0.05, 0.1) is 24.5 Å². The highest BCUT2D eigenvalue weighted by Gasteiger charge is 2.25. The Kier molecular flexibility index (Phi) is 6.35. The van der Waals surface area contributed by atoms with Crippen LogP contribution in [0.1, 0.15) is 18.9 Å². The van der Waals surface area contributed by atoms with Crippen molar-refractivity contribution < 1.29 is 0 Å². The normalized spacial score (nSPS) is 15.9. The Morgan fingerprint density at radius 1 is 1.02 bits per heavy atom. The molecule has 4 aromatic heterocycles. The first-order valence-corrected chi connectivity index (χ1v) is 14.0. The maximum Gasteiger partial charge on any atom is 0.278 e. The van der Waals surface area contributed by atoms with Crippen molar-refractivity contribution in [3.63, 3.8) is 0 Å². The molecule has 1 aromatic carbocycles. The molecule has 2 aliphatic rings. The van der Waals surface area contributed by atoms with Gasteiger partial charge in [0.1, 0.15) is 5.39 Å². The number of allylic oxidation sites excluding steroid dienone is 1. The SMILES string of the molecule is C=CCn1c(=O)c2cnc(Nc3ccc(N4CCN(C)CC4)cc3)nc2n1-c1cccc(-c2cnn(C3CC3)c2)n1. The van der Waals surface area contributed by atoms with E-state index in [0.717, 1.165) is 56.0 Å². The van der Waals surface area contributed by atoms with Gasteiger partial charge in [-0.05, 0) is 56.3 Å². The molecule has 11 heteroatoms. The molecule has 1 aliphatic heterocycles. The molecule has 0 radical (unpaired) electrons. The Morgan fingerprint density at radius 3 is 2.59 bits per heavy atom. The predicted molar refractivity (Wildman–Crippen MR) is 160 cm³/mol. The maximum absolute atomic E-state index is 13.4. The molecule has 1 saturated heterocycles. The number of benzene rings is 1. The van der Waals surface area contributed by atoms with Crippen LogP contribution < -0.4 is 15.8 Å². The van der Waals surface area contributed by atoms with E-state index < -0.39 is 0 Å². The van der Waals surface area contributed by atoms with Crippen LogP contribution in [-0.4, -0.2) is 72.2 Å². The molecule has 1 saturated carbocycles. The lowest BCUT2D eigenvalue weighted by Crippen LogP contribution is -2.44. The summed E-state index contributed by atoms with van der Waals surface area (Å²) in [6.45, 7) is 8.30. The van der Waals surface area contributed by atoms with Gasteiger partial charge in [-0.15, -0.1) is 6.58 Å². The number of hydrogen-bond acceptors (Lipinski definition) is 8. The number of fused-ring (bicyclic) bond motifs is 1. The van der Waals surface area contributed by atoms with Crippen LogP contribution in [0.25, 0.3) is 28.1 Å². The topological polar surface area (TPSA) is 102 Å². The summed E-state index contributed by atoms with van der Waals surface area (Å²) in [4.78, 5) is 32.3. The van der Waals surface area contributed by atoms with Gasteiger partial charge in [0, 0.05) is 55.5 Å². The summed E-state index contributed by atoms with van der Waals surface area (Å²) in [5.41, 5.74) is 4.06. The lowest BCUT2D eigenvalue weighted by molar-refractivity contribution is 0.313. The number of nitrogens with zero attached hydrogens (tertiary/aromatic N) is 9. The minimum atomic E-state index is -0.197. The summed E-state index contributed by atoms with van der Waals surface area (Å²) in [7, 11) is 2.16. The van der Waals surface area contributed by atoms with Gasteiger partial charge < -0.3 is 15.1 Å². The van der Waals surface area contributed by atoms with E-state index in [1.165, 1.54) is 5.69 Å². The smallest absolute Gasteiger partial charge is 0.278 e. The summed E-state index contributed by atoms with van der Waals surface area (Å²) >= 11 is 0. The van der Waals surface area contributed by atoms with E-state index in [2.05, 4.69) is 51.0 Å². The third-order valence-electron chi connectivity index (χ3n) is 7.74. The van der Waals surface area contributed by atoms with Crippen LogP contribution >= 0.6 is 0 Å². The molecular formula is C30H32N10O. The Hall–Kier alpha value is -4.77. The molecule has 0 bridgehead atoms. The Labute approximate surface area is 237 Å². The Balaban J connectivity index is 1.22. The molecule has 208 valence electrons. The molecule has 0 amide bonds. The summed E-state index contributed by atoms with van der Waals surface area (Å²) < 4.78 is 5.34. The third kappa shape index (κ3) is 4.89. The first-order valence-electron chi connectivity index (χ1n) is 14.0. The number of pyridine rings is 1. The van der Waals surface area contributed by atoms with Crippen LogP contribution in [0.2, 0.25) is 0 Å². The zero-order valence-electron chi connectivity index (χ0n) is 23.0. The summed E-state index contributed by atoms with van der Waals surface area (Å²) in [6.07, 6.45) is 9.46. The van der Waals surface area contributed by atoms with E-state index in [1.54, 1.807) is 21.6 Å². The van der Waals surface area contributed by atoms with Crippen LogP contribution in [-0.2, 0) is 6.54 Å². The van der Waals surface area contributed by atoms with E-state index in [0.29, 0.717) is 35.4 Å². The number of piperazine rings is 1. The zero-order valence-corrected chi connectivity index (χ0v) is 23.0. The lowest BCUT2D eigenvalue weighted by atomic mass is 10.2. The second-order valence-electron chi connectivity index (χ2n) is 10.7. The molecule has 0 spiro atoms. The van der Waals surface area contributed by atoms with Crippen LogP contribution in [0.5, 0.6) is 0 Å². The lowest BCUT2D eigenvalue weighted by Gasteiger charge is -2.34. The van der Waals surface area contributed by atoms with Gasteiger partial charge in [0.15, 0.2) is 11.5 Å². The van der Waals surface area contributed by atoms with Gasteiger partial charge in [0.2, 0.25) is 5.95 Å². The molecular weight excluding hydrogens is 516 g/mol. The average molecular weight is 549 g/mol. The standard InChI is InChI=1S/C30H32N10O/c1-3-13-39-29(41)25-19-31-30(33-22-7-9-23(10-8-22)37-16-14-36(2)15-17-37)35-28(25)40(39)27-6-4-5-26(34-27)21-18-32-38(20-21)24-11-12-24/h3-10,18-20,24H,1,11-17H2,2H3,(H,31,33,35). The highest BCUT2D eigenvalue weighted by molar-refractivity contribution is 5.77. The minimum absolute atomic E-state index is 0.197. The van der Waals surface area contributed by atoms with Gasteiger partial charge in [0.25, 0.3) is 5.56 Å². The van der Waals surface area contributed by atoms with Crippen molar-refractivity contribution in [2.45, 2.75) is 25.4 Å². The molecule has 0 unspecified atom stereocenters. The fourth-order valence-electron chi connectivity index (χ4n) is 5.27. The molecule has 0 atom stereocenters. The average Bonchev–Trinajstić information content (AvgIpc) is 3.66. The van der Waals surface area contributed by atoms with Gasteiger partial charge in [-0.2, -0.15) is 10.1 Å². The molecule has 1 N–H and O–H groups in total. The van der Waals surface area contributed by atoms with Crippen molar-refractivity contribution in [2.24, 2.45) is 0 Å². The van der Waals surface area contributed by atoms with Crippen LogP contribution in [0.3, 0.4) is 0 Å². The number of anilines is 3. The van der Waals surface area contributed by atoms with Crippen LogP contribution in [0, 0.1) is 0 Å². The minimum Gasteiger partial charge on any atom is -0.369 e. The first-order chi connectivity index (χ1) is 20.1. The van der Waals surface area contributed by atoms with Crippen molar-refractivity contribution in [1.82, 2.24) is 39.0 Å². The van der Waals surface area contributed by atoms with Crippen molar-refractivity contribution in [3.05, 3.63) is 84.1 Å². The fourth-order valence-corrected chi connectivity index (χ4v) is 5.27. The second-order valence-corrected chi connectivity index (χ2v) is 10.7. The largest absolute Gasteiger partial charge is 0.369 e. The number of hydrogen-bond donors (Lipinski definition) is 1. The van der Waals surface area contributed by atoms with E-state index in [-0.39, 0.29) is 5.56 Å². The predicted octanol–water partition coefficient (Wildman–Crippen LogP) is 3.86. The fraction of sp³-hybridized carbons (Fsp3) is 0.300. The molecule has 41 heavy (non-hydrogen) atoms. The first kappa shape index (κ1) is 25.2. The molecule has 11 nitrogen and oxygen atoms in total. The van der Waals surface area contributed by atoms with E-state index >= 15 is 0 Å². The highest BCUT2D eigenvalue weighted by atomic mass is 16.1. The molecule has 2 fully saturated rings. The molecule has 7 rings (SSSR count). The quantitative estimate of drug-likeness (QED) is 0.292. The summed E-state index contributed by atoms with van der Waals surface area (Å²) in [5, 5.41) is 8.23. The van der Waals surface area contributed by atoms with Crippen molar-refractivity contribution in [1.29, 1.82) is 0 Å². The van der Waals surface area contributed by atoms with E-state index in [9.17, 15) is 4.79 Å². The summed E-state index contributed by atoms with van der Waals surface area (Å²) in [6, 6.07) is 14.5. The van der Waals surface area contributed by atoms with Gasteiger partial charge in [-0.25, -0.2) is 19.3 Å². The third-order valence-corrected chi connectivity index (χ3v) is 7.74. The summed E-state index contributed by atoms with van der Waals surface area (Å²) in [5.74, 6) is 0.980. The second kappa shape index (κ2) is 10.3. The van der Waals surface area contributed by atoms with Crippen LogP contribution in [0.4, 0.5) is 17.3 Å². The van der Waals surface area contributed by atoms with Crippen LogP contribution in [0.15, 0.2) is 78.5 Å². The molecule has 5 heterocycles. The zero-order chi connectivity index (χ0) is 27.9. The van der Waals surface area contributed by atoms with Gasteiger partial charge in [-0.3, -0.25) is 9.48 Å². The number of rotatable bonds is 8. The van der Waals surface area contributed by atoms with Crippen molar-refractivity contribution in [3.8, 4) is 17.1 Å². The number of likely N-dealkylation sites (N-methyl/N-ethyl adjacent to an activating group) is 1. The number of aromatic nitrogens is 7. The van der Waals surface area contributed by atoms with Gasteiger partial charge in [-0.1, -0.05) is 12.1 Å². The Bertz CT molecular complexity index is 1770. The van der Waals surface area contributed by atoms with E-state index in [1.807, 2.05) is 47.4 Å². The number of nitrogens with one attached hydrogen (secondary N) is 1. The maximum atomic E-state index is 13.4. The Morgan fingerprint density at radius 2 is 1.83 bits per heavy atom. The van der Waals surface area contributed by atoms with Gasteiger partial charge >= 0.3 is 0 Å². The van der Waals surface area contributed by atoms with Crippen molar-refractivity contribution in [2.75, 3.05) is 43.4 Å².